The maximum atomic E-state index is 13.8. The van der Waals surface area contributed by atoms with Crippen LogP contribution in [0.2, 0.25) is 0 Å². The molecular weight excluding hydrogens is 318 g/mol. The lowest BCUT2D eigenvalue weighted by Crippen LogP contribution is -2.29. The van der Waals surface area contributed by atoms with Crippen LogP contribution in [0.25, 0.3) is 11.1 Å². The molecule has 2 rings (SSSR count). The largest absolute Gasteiger partial charge is 0.491 e. The Bertz CT molecular complexity index is 614. The molecule has 0 amide bonds. The Labute approximate surface area is 149 Å². The van der Waals surface area contributed by atoms with Crippen molar-refractivity contribution in [2.45, 2.75) is 45.2 Å². The molecule has 0 aliphatic rings. The number of unbranched alkanes of at least 4 members (excludes halogenated alkanes) is 3. The van der Waals surface area contributed by atoms with Crippen molar-refractivity contribution < 1.29 is 19.2 Å². The van der Waals surface area contributed by atoms with Gasteiger partial charge in [0.25, 0.3) is 0 Å². The van der Waals surface area contributed by atoms with E-state index in [4.69, 9.17) is 14.8 Å². The second-order valence-electron chi connectivity index (χ2n) is 6.28. The summed E-state index contributed by atoms with van der Waals surface area (Å²) >= 11 is 0. The van der Waals surface area contributed by atoms with Gasteiger partial charge in [-0.1, -0.05) is 69.0 Å². The van der Waals surface area contributed by atoms with Crippen LogP contribution in [0.4, 0.5) is 4.39 Å². The molecule has 0 saturated carbocycles. The maximum absolute atomic E-state index is 13.8. The highest BCUT2D eigenvalue weighted by molar-refractivity contribution is 6.58. The van der Waals surface area contributed by atoms with E-state index < -0.39 is 13.3 Å². The number of hydrogen-bond donors (Lipinski definition) is 2. The van der Waals surface area contributed by atoms with Gasteiger partial charge >= 0.3 is 7.12 Å². The normalized spacial score (nSPS) is 12.0. The summed E-state index contributed by atoms with van der Waals surface area (Å²) in [5, 5.41) is 18.2. The molecule has 0 aromatic heterocycles. The fourth-order valence-electron chi connectivity index (χ4n) is 2.65. The van der Waals surface area contributed by atoms with Crippen molar-refractivity contribution in [2.24, 2.45) is 0 Å². The highest BCUT2D eigenvalue weighted by Crippen LogP contribution is 2.22. The topological polar surface area (TPSA) is 49.7 Å². The Morgan fingerprint density at radius 2 is 1.52 bits per heavy atom. The lowest BCUT2D eigenvalue weighted by Gasteiger charge is -2.11. The SMILES string of the molecule is CCCCCCC(F)COc1ccc(-c2ccc(B(O)O)cc2)cc1. The first kappa shape index (κ1) is 19.5. The van der Waals surface area contributed by atoms with Crippen LogP contribution >= 0.6 is 0 Å². The number of alkyl halides is 1. The van der Waals surface area contributed by atoms with Crippen molar-refractivity contribution in [1.29, 1.82) is 0 Å². The number of hydrogen-bond acceptors (Lipinski definition) is 3. The summed E-state index contributed by atoms with van der Waals surface area (Å²) in [4.78, 5) is 0. The summed E-state index contributed by atoms with van der Waals surface area (Å²) in [7, 11) is -1.46. The van der Waals surface area contributed by atoms with E-state index in [1.54, 1.807) is 12.1 Å². The fraction of sp³-hybridized carbons (Fsp3) is 0.400. The first-order chi connectivity index (χ1) is 12.1. The minimum atomic E-state index is -1.46. The van der Waals surface area contributed by atoms with Crippen molar-refractivity contribution in [2.75, 3.05) is 6.61 Å². The third kappa shape index (κ3) is 6.52. The Hall–Kier alpha value is -1.85. The summed E-state index contributed by atoms with van der Waals surface area (Å²) in [5.41, 5.74) is 2.41. The molecule has 0 saturated heterocycles. The van der Waals surface area contributed by atoms with Gasteiger partial charge in [0.1, 0.15) is 18.5 Å². The molecule has 3 nitrogen and oxygen atoms in total. The third-order valence-corrected chi connectivity index (χ3v) is 4.20. The fourth-order valence-corrected chi connectivity index (χ4v) is 2.65. The predicted octanol–water partition coefficient (Wildman–Crippen LogP) is 3.72. The zero-order chi connectivity index (χ0) is 18.1. The molecule has 134 valence electrons. The van der Waals surface area contributed by atoms with Crippen molar-refractivity contribution >= 4 is 12.6 Å². The summed E-state index contributed by atoms with van der Waals surface area (Å²) in [6, 6.07) is 14.5. The highest BCUT2D eigenvalue weighted by Gasteiger charge is 2.10. The van der Waals surface area contributed by atoms with Crippen LogP contribution in [-0.2, 0) is 0 Å². The van der Waals surface area contributed by atoms with E-state index in [1.807, 2.05) is 36.4 Å². The van der Waals surface area contributed by atoms with Crippen LogP contribution in [0.5, 0.6) is 5.75 Å². The maximum Gasteiger partial charge on any atom is 0.488 e. The average Bonchev–Trinajstić information content (AvgIpc) is 2.64. The van der Waals surface area contributed by atoms with Gasteiger partial charge in [0.2, 0.25) is 0 Å². The van der Waals surface area contributed by atoms with Gasteiger partial charge in [-0.25, -0.2) is 4.39 Å². The van der Waals surface area contributed by atoms with E-state index in [9.17, 15) is 4.39 Å². The number of ether oxygens (including phenoxy) is 1. The van der Waals surface area contributed by atoms with Crippen molar-refractivity contribution in [3.8, 4) is 16.9 Å². The summed E-state index contributed by atoms with van der Waals surface area (Å²) in [6.45, 7) is 2.23. The number of benzene rings is 2. The summed E-state index contributed by atoms with van der Waals surface area (Å²) < 4.78 is 19.3. The number of rotatable bonds is 10. The molecule has 2 aromatic rings. The Morgan fingerprint density at radius 1 is 0.920 bits per heavy atom. The molecule has 2 N–H and O–H groups in total. The van der Waals surface area contributed by atoms with Crippen molar-refractivity contribution in [3.63, 3.8) is 0 Å². The van der Waals surface area contributed by atoms with Crippen LogP contribution < -0.4 is 10.2 Å². The highest BCUT2D eigenvalue weighted by atomic mass is 19.1. The van der Waals surface area contributed by atoms with Crippen molar-refractivity contribution in [3.05, 3.63) is 48.5 Å². The standard InChI is InChI=1S/C20H26BFO3/c1-2-3-4-5-6-19(22)15-25-20-13-9-17(10-14-20)16-7-11-18(12-8-16)21(23)24/h7-14,19,23-24H,2-6,15H2,1H3. The second-order valence-corrected chi connectivity index (χ2v) is 6.28. The van der Waals surface area contributed by atoms with Crippen LogP contribution in [0.1, 0.15) is 39.0 Å². The molecular formula is C20H26BFO3. The van der Waals surface area contributed by atoms with E-state index in [0.717, 1.165) is 36.8 Å². The molecule has 1 atom stereocenters. The summed E-state index contributed by atoms with van der Waals surface area (Å²) in [6.07, 6.45) is 3.94. The predicted molar refractivity (Wildman–Crippen MR) is 101 cm³/mol. The zero-order valence-electron chi connectivity index (χ0n) is 14.7. The van der Waals surface area contributed by atoms with Crippen molar-refractivity contribution in [1.82, 2.24) is 0 Å². The lowest BCUT2D eigenvalue weighted by molar-refractivity contribution is 0.184. The lowest BCUT2D eigenvalue weighted by atomic mass is 9.80. The van der Waals surface area contributed by atoms with E-state index in [1.165, 1.54) is 0 Å². The van der Waals surface area contributed by atoms with E-state index >= 15 is 0 Å². The van der Waals surface area contributed by atoms with Crippen LogP contribution in [0.15, 0.2) is 48.5 Å². The quantitative estimate of drug-likeness (QED) is 0.510. The monoisotopic (exact) mass is 344 g/mol. The van der Waals surface area contributed by atoms with Crippen LogP contribution in [0, 0.1) is 0 Å². The Morgan fingerprint density at radius 3 is 2.08 bits per heavy atom. The zero-order valence-corrected chi connectivity index (χ0v) is 14.7. The van der Waals surface area contributed by atoms with Gasteiger partial charge in [-0.2, -0.15) is 0 Å². The molecule has 0 fully saturated rings. The molecule has 0 radical (unpaired) electrons. The molecule has 0 aliphatic carbocycles. The molecule has 25 heavy (non-hydrogen) atoms. The summed E-state index contributed by atoms with van der Waals surface area (Å²) in [5.74, 6) is 0.655. The van der Waals surface area contributed by atoms with Gasteiger partial charge in [-0.3, -0.25) is 0 Å². The Balaban J connectivity index is 1.83. The molecule has 0 bridgehead atoms. The van der Waals surface area contributed by atoms with Crippen LogP contribution in [-0.4, -0.2) is 29.9 Å². The third-order valence-electron chi connectivity index (χ3n) is 4.20. The van der Waals surface area contributed by atoms with Crippen LogP contribution in [0.3, 0.4) is 0 Å². The minimum absolute atomic E-state index is 0.0918. The van der Waals surface area contributed by atoms with E-state index in [-0.39, 0.29) is 6.61 Å². The molecule has 0 spiro atoms. The molecule has 2 aromatic carbocycles. The molecule has 5 heteroatoms. The smallest absolute Gasteiger partial charge is 0.488 e. The average molecular weight is 344 g/mol. The molecule has 1 unspecified atom stereocenters. The van der Waals surface area contributed by atoms with Gasteiger partial charge in [0.15, 0.2) is 0 Å². The van der Waals surface area contributed by atoms with E-state index in [2.05, 4.69) is 6.92 Å². The minimum Gasteiger partial charge on any atom is -0.491 e. The molecule has 0 heterocycles. The van der Waals surface area contributed by atoms with Gasteiger partial charge in [0, 0.05) is 0 Å². The Kier molecular flexibility index (Phi) is 7.96. The van der Waals surface area contributed by atoms with E-state index in [0.29, 0.717) is 17.6 Å². The second kappa shape index (κ2) is 10.2. The van der Waals surface area contributed by atoms with Gasteiger partial charge in [-0.15, -0.1) is 0 Å². The van der Waals surface area contributed by atoms with Gasteiger partial charge in [0.05, 0.1) is 0 Å². The van der Waals surface area contributed by atoms with Gasteiger partial charge < -0.3 is 14.8 Å². The first-order valence-corrected chi connectivity index (χ1v) is 8.93. The molecule has 0 aliphatic heterocycles. The first-order valence-electron chi connectivity index (χ1n) is 8.93. The van der Waals surface area contributed by atoms with Gasteiger partial charge in [-0.05, 0) is 35.1 Å². The number of halogens is 1.